The van der Waals surface area contributed by atoms with Crippen LogP contribution in [-0.2, 0) is 28.7 Å². The highest BCUT2D eigenvalue weighted by atomic mass is 79.9. The third kappa shape index (κ3) is 4.57. The minimum Gasteiger partial charge on any atom is -0.425 e. The number of para-hydroxylation sites is 2. The van der Waals surface area contributed by atoms with Crippen LogP contribution < -0.4 is 10.4 Å². The van der Waals surface area contributed by atoms with Gasteiger partial charge in [-0.05, 0) is 49.1 Å². The Morgan fingerprint density at radius 3 is 2.16 bits per heavy atom. The summed E-state index contributed by atoms with van der Waals surface area (Å²) in [4.78, 5) is 26.3. The van der Waals surface area contributed by atoms with Gasteiger partial charge in [-0.2, -0.15) is 0 Å². The van der Waals surface area contributed by atoms with Gasteiger partial charge in [0, 0.05) is 16.7 Å². The zero-order chi connectivity index (χ0) is 25.8. The number of carbonyl (C=O) groups excluding carboxylic acids is 2. The van der Waals surface area contributed by atoms with Gasteiger partial charge < -0.3 is 13.9 Å². The monoisotopic (exact) mass is 561 g/mol. The molecule has 0 unspecified atom stereocenters. The maximum Gasteiger partial charge on any atom is 0.321 e. The highest BCUT2D eigenvalue weighted by Crippen LogP contribution is 2.46. The van der Waals surface area contributed by atoms with E-state index >= 15 is 0 Å². The second-order valence-corrected chi connectivity index (χ2v) is 11.1. The van der Waals surface area contributed by atoms with Crippen LogP contribution in [0.5, 0.6) is 5.75 Å². The summed E-state index contributed by atoms with van der Waals surface area (Å²) >= 11 is 0. The van der Waals surface area contributed by atoms with Crippen molar-refractivity contribution in [3.63, 3.8) is 0 Å². The van der Waals surface area contributed by atoms with Gasteiger partial charge in [-0.3, -0.25) is 15.0 Å². The standard InChI is InChI=1S/C30H31N3O3.BrH/c1-29(2,3)21-15-20(16-22-26(21)36-27(35)30(22,4)5)25(34)18-33-24-14-10-9-13-23(24)32(28(33)31)17-19-11-7-6-8-12-19;/h6-16,31H,17-18H2,1-5H3;1H. The van der Waals surface area contributed by atoms with Crippen LogP contribution in [0.25, 0.3) is 11.0 Å². The molecular weight excluding hydrogens is 530 g/mol. The van der Waals surface area contributed by atoms with E-state index in [0.29, 0.717) is 17.9 Å². The summed E-state index contributed by atoms with van der Waals surface area (Å²) in [6.45, 7) is 10.4. The van der Waals surface area contributed by atoms with Gasteiger partial charge in [-0.15, -0.1) is 17.0 Å². The summed E-state index contributed by atoms with van der Waals surface area (Å²) in [5, 5.41) is 8.94. The lowest BCUT2D eigenvalue weighted by Crippen LogP contribution is -2.28. The zero-order valence-electron chi connectivity index (χ0n) is 21.8. The average molecular weight is 563 g/mol. The molecule has 0 saturated carbocycles. The number of Topliss-reactive ketones (excluding diaryl/α,β-unsaturated/α-hetero) is 1. The average Bonchev–Trinajstić information content (AvgIpc) is 3.23. The maximum atomic E-state index is 13.7. The normalized spacial score (nSPS) is 14.2. The molecular formula is C30H32BrN3O3. The third-order valence-corrected chi connectivity index (χ3v) is 7.06. The van der Waals surface area contributed by atoms with Crippen molar-refractivity contribution in [2.45, 2.75) is 58.5 Å². The van der Waals surface area contributed by atoms with Crippen molar-refractivity contribution in [2.75, 3.05) is 0 Å². The molecule has 5 rings (SSSR count). The van der Waals surface area contributed by atoms with Crippen molar-refractivity contribution in [1.82, 2.24) is 9.13 Å². The van der Waals surface area contributed by atoms with Crippen LogP contribution in [-0.4, -0.2) is 20.9 Å². The summed E-state index contributed by atoms with van der Waals surface area (Å²) in [7, 11) is 0. The fraction of sp³-hybridized carbons (Fsp3) is 0.300. The molecule has 1 aliphatic rings. The van der Waals surface area contributed by atoms with Gasteiger partial charge in [0.15, 0.2) is 5.78 Å². The van der Waals surface area contributed by atoms with Crippen LogP contribution in [0.1, 0.15) is 61.7 Å². The topological polar surface area (TPSA) is 77.1 Å². The van der Waals surface area contributed by atoms with Gasteiger partial charge in [0.05, 0.1) is 29.5 Å². The van der Waals surface area contributed by atoms with Gasteiger partial charge in [-0.25, -0.2) is 0 Å². The number of hydrogen-bond acceptors (Lipinski definition) is 4. The van der Waals surface area contributed by atoms with E-state index < -0.39 is 5.41 Å². The summed E-state index contributed by atoms with van der Waals surface area (Å²) in [6.07, 6.45) is 0. The molecule has 0 atom stereocenters. The molecule has 0 amide bonds. The van der Waals surface area contributed by atoms with E-state index in [0.717, 1.165) is 27.7 Å². The Morgan fingerprint density at radius 1 is 0.946 bits per heavy atom. The number of nitrogens with zero attached hydrogens (tertiary/aromatic N) is 2. The first-order valence-corrected chi connectivity index (χ1v) is 12.2. The summed E-state index contributed by atoms with van der Waals surface area (Å²) < 4.78 is 9.37. The highest BCUT2D eigenvalue weighted by Gasteiger charge is 2.44. The minimum atomic E-state index is -0.828. The Kier molecular flexibility index (Phi) is 6.80. The Bertz CT molecular complexity index is 1570. The number of halogens is 1. The molecule has 0 saturated heterocycles. The summed E-state index contributed by atoms with van der Waals surface area (Å²) in [5.74, 6) is 0.154. The summed E-state index contributed by atoms with van der Waals surface area (Å²) in [6, 6.07) is 21.5. The van der Waals surface area contributed by atoms with Crippen molar-refractivity contribution in [1.29, 1.82) is 5.41 Å². The predicted octanol–water partition coefficient (Wildman–Crippen LogP) is 5.93. The van der Waals surface area contributed by atoms with Crippen molar-refractivity contribution < 1.29 is 14.3 Å². The molecule has 6 nitrogen and oxygen atoms in total. The minimum absolute atomic E-state index is 0. The molecule has 192 valence electrons. The number of aromatic nitrogens is 2. The lowest BCUT2D eigenvalue weighted by molar-refractivity contribution is -0.137. The molecule has 3 aromatic carbocycles. The second kappa shape index (κ2) is 9.45. The molecule has 2 heterocycles. The van der Waals surface area contributed by atoms with E-state index in [1.165, 1.54) is 0 Å². The van der Waals surface area contributed by atoms with E-state index in [1.807, 2.05) is 99.8 Å². The molecule has 0 bridgehead atoms. The Balaban J connectivity index is 0.00000320. The fourth-order valence-electron chi connectivity index (χ4n) is 4.87. The smallest absolute Gasteiger partial charge is 0.321 e. The number of ketones is 1. The lowest BCUT2D eigenvalue weighted by Gasteiger charge is -2.23. The van der Waals surface area contributed by atoms with Crippen LogP contribution in [0.15, 0.2) is 66.7 Å². The second-order valence-electron chi connectivity index (χ2n) is 11.1. The third-order valence-electron chi connectivity index (χ3n) is 7.06. The largest absolute Gasteiger partial charge is 0.425 e. The number of ether oxygens (including phenoxy) is 1. The van der Waals surface area contributed by atoms with Crippen molar-refractivity contribution in [2.24, 2.45) is 0 Å². The van der Waals surface area contributed by atoms with Gasteiger partial charge in [-0.1, -0.05) is 63.2 Å². The van der Waals surface area contributed by atoms with Gasteiger partial charge >= 0.3 is 5.97 Å². The van der Waals surface area contributed by atoms with Gasteiger partial charge in [0.2, 0.25) is 5.62 Å². The molecule has 1 aliphatic heterocycles. The number of hydrogen-bond donors (Lipinski definition) is 1. The molecule has 0 radical (unpaired) electrons. The quantitative estimate of drug-likeness (QED) is 0.186. The van der Waals surface area contributed by atoms with Crippen LogP contribution in [0.2, 0.25) is 0 Å². The molecule has 0 fully saturated rings. The molecule has 4 aromatic rings. The van der Waals surface area contributed by atoms with Crippen molar-refractivity contribution in [3.8, 4) is 5.75 Å². The number of esters is 1. The number of fused-ring (bicyclic) bond motifs is 2. The van der Waals surface area contributed by atoms with Crippen LogP contribution >= 0.6 is 17.0 Å². The maximum absolute atomic E-state index is 13.7. The van der Waals surface area contributed by atoms with Gasteiger partial charge in [0.1, 0.15) is 5.75 Å². The number of nitrogens with one attached hydrogen (secondary N) is 1. The summed E-state index contributed by atoms with van der Waals surface area (Å²) in [5.41, 5.74) is 4.06. The predicted molar refractivity (Wildman–Crippen MR) is 150 cm³/mol. The fourth-order valence-corrected chi connectivity index (χ4v) is 4.87. The number of benzene rings is 3. The number of carbonyl (C=O) groups is 2. The van der Waals surface area contributed by atoms with E-state index in [9.17, 15) is 9.59 Å². The lowest BCUT2D eigenvalue weighted by atomic mass is 9.79. The van der Waals surface area contributed by atoms with E-state index in [4.69, 9.17) is 10.1 Å². The SMILES string of the molecule is Br.CC(C)(C)c1cc(C(=O)Cn2c(=N)n(Cc3ccccc3)c3ccccc32)cc2c1OC(=O)C2(C)C. The molecule has 7 heteroatoms. The molecule has 1 N–H and O–H groups in total. The van der Waals surface area contributed by atoms with Crippen LogP contribution in [0, 0.1) is 5.41 Å². The first-order chi connectivity index (χ1) is 17.0. The first-order valence-electron chi connectivity index (χ1n) is 12.2. The Hall–Kier alpha value is -3.45. The van der Waals surface area contributed by atoms with Crippen molar-refractivity contribution >= 4 is 39.8 Å². The van der Waals surface area contributed by atoms with Crippen LogP contribution in [0.4, 0.5) is 0 Å². The zero-order valence-corrected chi connectivity index (χ0v) is 23.5. The number of rotatable bonds is 5. The van der Waals surface area contributed by atoms with Gasteiger partial charge in [0.25, 0.3) is 0 Å². The van der Waals surface area contributed by atoms with E-state index in [-0.39, 0.29) is 46.3 Å². The first kappa shape index (κ1) is 26.6. The number of imidazole rings is 1. The Morgan fingerprint density at radius 2 is 1.54 bits per heavy atom. The molecule has 1 aromatic heterocycles. The van der Waals surface area contributed by atoms with E-state index in [1.54, 1.807) is 10.6 Å². The van der Waals surface area contributed by atoms with Crippen LogP contribution in [0.3, 0.4) is 0 Å². The highest BCUT2D eigenvalue weighted by molar-refractivity contribution is 8.93. The van der Waals surface area contributed by atoms with Crippen molar-refractivity contribution in [3.05, 3.63) is 94.6 Å². The molecule has 0 aliphatic carbocycles. The molecule has 37 heavy (non-hydrogen) atoms. The van der Waals surface area contributed by atoms with E-state index in [2.05, 4.69) is 0 Å². The Labute approximate surface area is 227 Å². The molecule has 0 spiro atoms.